The van der Waals surface area contributed by atoms with Gasteiger partial charge in [0.05, 0.1) is 30.6 Å². The number of phenols is 1. The molecule has 7 nitrogen and oxygen atoms in total. The predicted molar refractivity (Wildman–Crippen MR) is 92.0 cm³/mol. The van der Waals surface area contributed by atoms with E-state index in [4.69, 9.17) is 4.74 Å². The normalized spacial score (nSPS) is 15.5. The minimum atomic E-state index is -0.620. The van der Waals surface area contributed by atoms with Crippen molar-refractivity contribution in [3.63, 3.8) is 0 Å². The third-order valence-electron chi connectivity index (χ3n) is 3.49. The molecule has 0 unspecified atom stereocenters. The standard InChI is InChI=1S/C17H19NO6S/c1-11-4-5-12(13(19)8-11)17(22)24-7-3-6-18-14(20)10-25-15(18)9-16(21)23-2/h4-5,8-9,19H,3,6-7,10H2,1-2H3/b15-9-. The number of benzene rings is 1. The molecule has 1 saturated heterocycles. The maximum Gasteiger partial charge on any atom is 0.341 e. The molecule has 0 aliphatic carbocycles. The number of rotatable bonds is 6. The first-order valence-electron chi connectivity index (χ1n) is 7.62. The van der Waals surface area contributed by atoms with Gasteiger partial charge in [0.1, 0.15) is 11.3 Å². The molecule has 134 valence electrons. The lowest BCUT2D eigenvalue weighted by Gasteiger charge is -2.16. The van der Waals surface area contributed by atoms with E-state index in [0.29, 0.717) is 18.0 Å². The van der Waals surface area contributed by atoms with Gasteiger partial charge in [0.2, 0.25) is 5.91 Å². The Kier molecular flexibility index (Phi) is 6.46. The van der Waals surface area contributed by atoms with Crippen molar-refractivity contribution in [2.45, 2.75) is 13.3 Å². The monoisotopic (exact) mass is 365 g/mol. The second-order valence-electron chi connectivity index (χ2n) is 5.35. The van der Waals surface area contributed by atoms with Gasteiger partial charge in [0, 0.05) is 6.54 Å². The van der Waals surface area contributed by atoms with E-state index in [1.165, 1.54) is 42.0 Å². The minimum absolute atomic E-state index is 0.0894. The van der Waals surface area contributed by atoms with E-state index in [9.17, 15) is 19.5 Å². The first-order chi connectivity index (χ1) is 11.9. The number of nitrogens with zero attached hydrogens (tertiary/aromatic N) is 1. The van der Waals surface area contributed by atoms with Gasteiger partial charge >= 0.3 is 11.9 Å². The van der Waals surface area contributed by atoms with Crippen molar-refractivity contribution in [1.29, 1.82) is 0 Å². The van der Waals surface area contributed by atoms with E-state index in [1.807, 2.05) is 0 Å². The zero-order valence-electron chi connectivity index (χ0n) is 14.0. The molecule has 1 amide bonds. The Hall–Kier alpha value is -2.48. The number of hydrogen-bond acceptors (Lipinski definition) is 7. The second kappa shape index (κ2) is 8.57. The first-order valence-corrected chi connectivity index (χ1v) is 8.60. The van der Waals surface area contributed by atoms with E-state index in [2.05, 4.69) is 4.74 Å². The van der Waals surface area contributed by atoms with Crippen molar-refractivity contribution in [2.24, 2.45) is 0 Å². The fourth-order valence-corrected chi connectivity index (χ4v) is 3.16. The number of thioether (sulfide) groups is 1. The van der Waals surface area contributed by atoms with Gasteiger partial charge in [-0.1, -0.05) is 17.8 Å². The molecule has 1 aliphatic rings. The van der Waals surface area contributed by atoms with E-state index in [0.717, 1.165) is 5.56 Å². The number of methoxy groups -OCH3 is 1. The summed E-state index contributed by atoms with van der Waals surface area (Å²) in [5.74, 6) is -1.12. The average Bonchev–Trinajstić information content (AvgIpc) is 2.91. The quantitative estimate of drug-likeness (QED) is 0.467. The van der Waals surface area contributed by atoms with E-state index in [-0.39, 0.29) is 29.6 Å². The highest BCUT2D eigenvalue weighted by Crippen LogP contribution is 2.28. The zero-order chi connectivity index (χ0) is 18.4. The van der Waals surface area contributed by atoms with E-state index in [1.54, 1.807) is 13.0 Å². The van der Waals surface area contributed by atoms with Crippen LogP contribution in [0.1, 0.15) is 22.3 Å². The molecule has 1 aromatic rings. The highest BCUT2D eigenvalue weighted by atomic mass is 32.2. The summed E-state index contributed by atoms with van der Waals surface area (Å²) in [4.78, 5) is 36.6. The fraction of sp³-hybridized carbons (Fsp3) is 0.353. The average molecular weight is 365 g/mol. The first kappa shape index (κ1) is 18.9. The Morgan fingerprint density at radius 3 is 2.84 bits per heavy atom. The van der Waals surface area contributed by atoms with Crippen LogP contribution in [0.3, 0.4) is 0 Å². The molecule has 0 atom stereocenters. The number of aryl methyl sites for hydroxylation is 1. The molecule has 1 N–H and O–H groups in total. The highest BCUT2D eigenvalue weighted by molar-refractivity contribution is 8.04. The molecule has 1 aromatic carbocycles. The van der Waals surface area contributed by atoms with Crippen molar-refractivity contribution >= 4 is 29.6 Å². The fourth-order valence-electron chi connectivity index (χ4n) is 2.21. The van der Waals surface area contributed by atoms with Gasteiger partial charge in [-0.2, -0.15) is 0 Å². The predicted octanol–water partition coefficient (Wildman–Crippen LogP) is 1.84. The summed E-state index contributed by atoms with van der Waals surface area (Å²) in [5.41, 5.74) is 0.939. The Balaban J connectivity index is 1.85. The molecule has 0 spiro atoms. The van der Waals surface area contributed by atoms with Crippen LogP contribution in [0.25, 0.3) is 0 Å². The molecule has 0 radical (unpaired) electrons. The summed E-state index contributed by atoms with van der Waals surface area (Å²) in [5, 5.41) is 10.3. The van der Waals surface area contributed by atoms with Crippen LogP contribution in [-0.4, -0.2) is 53.9 Å². The summed E-state index contributed by atoms with van der Waals surface area (Å²) < 4.78 is 9.69. The van der Waals surface area contributed by atoms with Crippen molar-refractivity contribution in [3.8, 4) is 5.75 Å². The molecular formula is C17H19NO6S. The number of carbonyl (C=O) groups is 3. The van der Waals surface area contributed by atoms with Crippen molar-refractivity contribution in [2.75, 3.05) is 26.0 Å². The van der Waals surface area contributed by atoms with Crippen molar-refractivity contribution in [3.05, 3.63) is 40.4 Å². The molecule has 1 fully saturated rings. The lowest BCUT2D eigenvalue weighted by Crippen LogP contribution is -2.27. The number of hydrogen-bond donors (Lipinski definition) is 1. The van der Waals surface area contributed by atoms with Crippen LogP contribution >= 0.6 is 11.8 Å². The van der Waals surface area contributed by atoms with Crippen LogP contribution in [0.5, 0.6) is 5.75 Å². The molecular weight excluding hydrogens is 346 g/mol. The Morgan fingerprint density at radius 2 is 2.16 bits per heavy atom. The van der Waals surface area contributed by atoms with Gasteiger partial charge in [-0.25, -0.2) is 9.59 Å². The van der Waals surface area contributed by atoms with E-state index >= 15 is 0 Å². The number of phenolic OH excluding ortho intramolecular Hbond substituents is 1. The van der Waals surface area contributed by atoms with Crippen LogP contribution in [0.15, 0.2) is 29.3 Å². The van der Waals surface area contributed by atoms with Gasteiger partial charge in [0.25, 0.3) is 0 Å². The summed E-state index contributed by atoms with van der Waals surface area (Å²) in [7, 11) is 1.27. The number of aromatic hydroxyl groups is 1. The Morgan fingerprint density at radius 1 is 1.40 bits per heavy atom. The highest BCUT2D eigenvalue weighted by Gasteiger charge is 2.27. The van der Waals surface area contributed by atoms with Crippen LogP contribution in [0.4, 0.5) is 0 Å². The third kappa shape index (κ3) is 4.99. The molecule has 1 heterocycles. The minimum Gasteiger partial charge on any atom is -0.507 e. The number of ether oxygens (including phenoxy) is 2. The van der Waals surface area contributed by atoms with Gasteiger partial charge in [0.15, 0.2) is 0 Å². The number of carbonyl (C=O) groups excluding carboxylic acids is 3. The van der Waals surface area contributed by atoms with Crippen LogP contribution in [-0.2, 0) is 19.1 Å². The Bertz CT molecular complexity index is 715. The zero-order valence-corrected chi connectivity index (χ0v) is 14.8. The molecule has 25 heavy (non-hydrogen) atoms. The van der Waals surface area contributed by atoms with Crippen molar-refractivity contribution in [1.82, 2.24) is 4.90 Å². The topological polar surface area (TPSA) is 93.1 Å². The largest absolute Gasteiger partial charge is 0.507 e. The summed E-state index contributed by atoms with van der Waals surface area (Å²) in [6.45, 7) is 2.22. The molecule has 0 saturated carbocycles. The summed E-state index contributed by atoms with van der Waals surface area (Å²) in [6, 6.07) is 4.70. The van der Waals surface area contributed by atoms with Gasteiger partial charge in [-0.15, -0.1) is 0 Å². The molecule has 8 heteroatoms. The van der Waals surface area contributed by atoms with Gasteiger partial charge in [-0.3, -0.25) is 4.79 Å². The molecule has 1 aliphatic heterocycles. The lowest BCUT2D eigenvalue weighted by atomic mass is 10.1. The van der Waals surface area contributed by atoms with Gasteiger partial charge in [-0.05, 0) is 31.0 Å². The van der Waals surface area contributed by atoms with Crippen LogP contribution in [0, 0.1) is 6.92 Å². The molecule has 0 bridgehead atoms. The number of esters is 2. The summed E-state index contributed by atoms with van der Waals surface area (Å²) in [6.07, 6.45) is 1.68. The number of amides is 1. The third-order valence-corrected chi connectivity index (χ3v) is 4.51. The van der Waals surface area contributed by atoms with Crippen LogP contribution < -0.4 is 0 Å². The maximum atomic E-state index is 11.9. The van der Waals surface area contributed by atoms with E-state index < -0.39 is 11.9 Å². The second-order valence-corrected chi connectivity index (χ2v) is 6.35. The maximum absolute atomic E-state index is 11.9. The Labute approximate surface area is 149 Å². The SMILES string of the molecule is COC(=O)/C=C1\SCC(=O)N1CCCOC(=O)c1ccc(C)cc1O. The lowest BCUT2D eigenvalue weighted by molar-refractivity contribution is -0.134. The smallest absolute Gasteiger partial charge is 0.341 e. The molecule has 2 rings (SSSR count). The molecule has 0 aromatic heterocycles. The van der Waals surface area contributed by atoms with Crippen molar-refractivity contribution < 1.29 is 29.0 Å². The van der Waals surface area contributed by atoms with Gasteiger partial charge < -0.3 is 19.5 Å². The van der Waals surface area contributed by atoms with Crippen LogP contribution in [0.2, 0.25) is 0 Å². The summed E-state index contributed by atoms with van der Waals surface area (Å²) >= 11 is 1.26.